The number of carbonyl (C=O) groups is 2. The van der Waals surface area contributed by atoms with E-state index in [2.05, 4.69) is 15.0 Å². The van der Waals surface area contributed by atoms with Crippen LogP contribution in [0.25, 0.3) is 0 Å². The number of benzene rings is 2. The average Bonchev–Trinajstić information content (AvgIpc) is 2.91. The number of nitrogens with zero attached hydrogens (tertiary/aromatic N) is 2. The smallest absolute Gasteiger partial charge is 0.496 e. The highest BCUT2D eigenvalue weighted by Gasteiger charge is 2.32. The summed E-state index contributed by atoms with van der Waals surface area (Å²) < 4.78 is 46.2. The molecule has 0 saturated carbocycles. The van der Waals surface area contributed by atoms with Crippen LogP contribution in [0.3, 0.4) is 0 Å². The molecule has 0 atom stereocenters. The SMILES string of the molecule is COc1cccc(CC(=O)NC2CCN(C3CCN(C(=O)Cc4ccc(OC(F)(F)F)cc4)CC3)CC2)c1C. The van der Waals surface area contributed by atoms with Gasteiger partial charge in [0.25, 0.3) is 0 Å². The molecule has 0 bridgehead atoms. The molecule has 4 rings (SSSR count). The van der Waals surface area contributed by atoms with Crippen molar-refractivity contribution in [3.63, 3.8) is 0 Å². The number of nitrogens with one attached hydrogen (secondary N) is 1. The van der Waals surface area contributed by atoms with Crippen LogP contribution in [0.5, 0.6) is 11.5 Å². The Morgan fingerprint density at radius 1 is 0.949 bits per heavy atom. The molecule has 2 aliphatic heterocycles. The predicted molar refractivity (Wildman–Crippen MR) is 141 cm³/mol. The Balaban J connectivity index is 1.17. The summed E-state index contributed by atoms with van der Waals surface area (Å²) in [7, 11) is 1.63. The van der Waals surface area contributed by atoms with E-state index in [0.717, 1.165) is 55.6 Å². The molecule has 10 heteroatoms. The topological polar surface area (TPSA) is 71.1 Å². The van der Waals surface area contributed by atoms with Gasteiger partial charge in [-0.3, -0.25) is 9.59 Å². The van der Waals surface area contributed by atoms with E-state index < -0.39 is 6.36 Å². The van der Waals surface area contributed by atoms with Gasteiger partial charge in [-0.25, -0.2) is 0 Å². The summed E-state index contributed by atoms with van der Waals surface area (Å²) in [4.78, 5) is 29.7. The maximum atomic E-state index is 12.8. The van der Waals surface area contributed by atoms with Crippen molar-refractivity contribution in [1.82, 2.24) is 15.1 Å². The molecule has 0 spiro atoms. The number of methoxy groups -OCH3 is 1. The summed E-state index contributed by atoms with van der Waals surface area (Å²) in [5.74, 6) is 0.495. The zero-order chi connectivity index (χ0) is 28.0. The van der Waals surface area contributed by atoms with Gasteiger partial charge in [0, 0.05) is 38.3 Å². The summed E-state index contributed by atoms with van der Waals surface area (Å²) in [6.45, 7) is 5.11. The lowest BCUT2D eigenvalue weighted by Crippen LogP contribution is -2.52. The van der Waals surface area contributed by atoms with Crippen LogP contribution >= 0.6 is 0 Å². The van der Waals surface area contributed by atoms with Crippen LogP contribution in [0.1, 0.15) is 42.4 Å². The molecule has 2 aliphatic rings. The van der Waals surface area contributed by atoms with Gasteiger partial charge in [0.15, 0.2) is 0 Å². The van der Waals surface area contributed by atoms with E-state index in [1.807, 2.05) is 30.0 Å². The first kappa shape index (κ1) is 28.7. The standard InChI is InChI=1S/C29H36F3N3O4/c1-20-22(4-3-5-26(20)38-2)19-27(36)33-23-10-14-34(15-11-23)24-12-16-35(17-13-24)28(37)18-21-6-8-25(9-7-21)39-29(30,31)32/h3-9,23-24H,10-19H2,1-2H3,(H,33,36). The normalized spacial score (nSPS) is 17.6. The lowest BCUT2D eigenvalue weighted by atomic mass is 9.97. The highest BCUT2D eigenvalue weighted by Crippen LogP contribution is 2.25. The molecule has 2 amide bonds. The number of carbonyl (C=O) groups excluding carboxylic acids is 2. The van der Waals surface area contributed by atoms with E-state index >= 15 is 0 Å². The van der Waals surface area contributed by atoms with Crippen molar-refractivity contribution in [3.8, 4) is 11.5 Å². The largest absolute Gasteiger partial charge is 0.573 e. The molecule has 39 heavy (non-hydrogen) atoms. The summed E-state index contributed by atoms with van der Waals surface area (Å²) >= 11 is 0. The van der Waals surface area contributed by atoms with Gasteiger partial charge >= 0.3 is 6.36 Å². The second-order valence-electron chi connectivity index (χ2n) is 10.3. The summed E-state index contributed by atoms with van der Waals surface area (Å²) in [6.07, 6.45) is -0.682. The van der Waals surface area contributed by atoms with Crippen LogP contribution in [0, 0.1) is 6.92 Å². The summed E-state index contributed by atoms with van der Waals surface area (Å²) in [5.41, 5.74) is 2.61. The minimum Gasteiger partial charge on any atom is -0.496 e. The number of alkyl halides is 3. The molecule has 212 valence electrons. The summed E-state index contributed by atoms with van der Waals surface area (Å²) in [5, 5.41) is 3.19. The van der Waals surface area contributed by atoms with Crippen LogP contribution in [-0.4, -0.2) is 73.3 Å². The first-order chi connectivity index (χ1) is 18.6. The molecule has 1 N–H and O–H groups in total. The monoisotopic (exact) mass is 547 g/mol. The third kappa shape index (κ3) is 8.11. The van der Waals surface area contributed by atoms with Gasteiger partial charge in [-0.05, 0) is 67.5 Å². The molecule has 0 aliphatic carbocycles. The zero-order valence-corrected chi connectivity index (χ0v) is 22.4. The Morgan fingerprint density at radius 2 is 1.62 bits per heavy atom. The van der Waals surface area contributed by atoms with E-state index in [1.54, 1.807) is 7.11 Å². The summed E-state index contributed by atoms with van der Waals surface area (Å²) in [6, 6.07) is 11.8. The Hall–Kier alpha value is -3.27. The zero-order valence-electron chi connectivity index (χ0n) is 22.4. The number of piperidine rings is 2. The molecule has 0 radical (unpaired) electrons. The van der Waals surface area contributed by atoms with E-state index in [0.29, 0.717) is 31.1 Å². The average molecular weight is 548 g/mol. The van der Waals surface area contributed by atoms with E-state index in [-0.39, 0.29) is 30.0 Å². The van der Waals surface area contributed by atoms with E-state index in [4.69, 9.17) is 4.74 Å². The minimum atomic E-state index is -4.73. The second-order valence-corrected chi connectivity index (χ2v) is 10.3. The second kappa shape index (κ2) is 12.7. The lowest BCUT2D eigenvalue weighted by Gasteiger charge is -2.42. The molecule has 0 unspecified atom stereocenters. The van der Waals surface area contributed by atoms with E-state index in [1.165, 1.54) is 24.3 Å². The highest BCUT2D eigenvalue weighted by molar-refractivity contribution is 5.79. The number of amides is 2. The molecule has 0 aromatic heterocycles. The van der Waals surface area contributed by atoms with Gasteiger partial charge in [-0.2, -0.15) is 0 Å². The van der Waals surface area contributed by atoms with Crippen LogP contribution in [-0.2, 0) is 22.4 Å². The molecule has 2 aromatic rings. The lowest BCUT2D eigenvalue weighted by molar-refractivity contribution is -0.274. The fourth-order valence-electron chi connectivity index (χ4n) is 5.51. The minimum absolute atomic E-state index is 0.0226. The van der Waals surface area contributed by atoms with Gasteiger partial charge in [-0.1, -0.05) is 24.3 Å². The Kier molecular flexibility index (Phi) is 9.37. The van der Waals surface area contributed by atoms with Crippen molar-refractivity contribution in [3.05, 3.63) is 59.2 Å². The quantitative estimate of drug-likeness (QED) is 0.535. The number of rotatable bonds is 8. The van der Waals surface area contributed by atoms with Gasteiger partial charge < -0.3 is 24.6 Å². The molecule has 2 saturated heterocycles. The molecule has 7 nitrogen and oxygen atoms in total. The molecule has 2 heterocycles. The maximum absolute atomic E-state index is 12.8. The van der Waals surface area contributed by atoms with Crippen molar-refractivity contribution in [2.24, 2.45) is 0 Å². The van der Waals surface area contributed by atoms with Crippen molar-refractivity contribution in [2.45, 2.75) is 63.9 Å². The van der Waals surface area contributed by atoms with Crippen molar-refractivity contribution >= 4 is 11.8 Å². The van der Waals surface area contributed by atoms with E-state index in [9.17, 15) is 22.8 Å². The third-order valence-electron chi connectivity index (χ3n) is 7.71. The Labute approximate surface area is 227 Å². The van der Waals surface area contributed by atoms with Crippen molar-refractivity contribution < 1.29 is 32.2 Å². The number of hydrogen-bond donors (Lipinski definition) is 1. The number of likely N-dealkylation sites (tertiary alicyclic amines) is 2. The third-order valence-corrected chi connectivity index (χ3v) is 7.71. The highest BCUT2D eigenvalue weighted by atomic mass is 19.4. The van der Waals surface area contributed by atoms with Crippen LogP contribution in [0.2, 0.25) is 0 Å². The first-order valence-electron chi connectivity index (χ1n) is 13.4. The van der Waals surface area contributed by atoms with Crippen molar-refractivity contribution in [1.29, 1.82) is 0 Å². The number of halogens is 3. The van der Waals surface area contributed by atoms with Gasteiger partial charge in [0.05, 0.1) is 20.0 Å². The van der Waals surface area contributed by atoms with Crippen molar-refractivity contribution in [2.75, 3.05) is 33.3 Å². The number of hydrogen-bond acceptors (Lipinski definition) is 5. The first-order valence-corrected chi connectivity index (χ1v) is 13.4. The Morgan fingerprint density at radius 3 is 2.23 bits per heavy atom. The fourth-order valence-corrected chi connectivity index (χ4v) is 5.51. The predicted octanol–water partition coefficient (Wildman–Crippen LogP) is 4.26. The molecular weight excluding hydrogens is 511 g/mol. The molecule has 2 fully saturated rings. The van der Waals surface area contributed by atoms with Gasteiger partial charge in [-0.15, -0.1) is 13.2 Å². The molecular formula is C29H36F3N3O4. The van der Waals surface area contributed by atoms with Crippen LogP contribution in [0.4, 0.5) is 13.2 Å². The van der Waals surface area contributed by atoms with Crippen LogP contribution < -0.4 is 14.8 Å². The van der Waals surface area contributed by atoms with Crippen LogP contribution in [0.15, 0.2) is 42.5 Å². The molecule has 2 aromatic carbocycles. The van der Waals surface area contributed by atoms with Gasteiger partial charge in [0.2, 0.25) is 11.8 Å². The van der Waals surface area contributed by atoms with Gasteiger partial charge in [0.1, 0.15) is 11.5 Å². The fraction of sp³-hybridized carbons (Fsp3) is 0.517. The maximum Gasteiger partial charge on any atom is 0.573 e. The Bertz CT molecular complexity index is 1120. The number of ether oxygens (including phenoxy) is 2.